The third-order valence-corrected chi connectivity index (χ3v) is 4.07. The third-order valence-electron chi connectivity index (χ3n) is 4.07. The maximum Gasteiger partial charge on any atom is 0.0746 e. The Morgan fingerprint density at radius 3 is 2.95 bits per heavy atom. The van der Waals surface area contributed by atoms with Gasteiger partial charge in [0.05, 0.1) is 6.10 Å². The summed E-state index contributed by atoms with van der Waals surface area (Å²) in [6, 6.07) is 6.84. The predicted molar refractivity (Wildman–Crippen MR) is 85.4 cm³/mol. The lowest BCUT2D eigenvalue weighted by Gasteiger charge is -2.34. The van der Waals surface area contributed by atoms with Crippen molar-refractivity contribution in [1.29, 1.82) is 0 Å². The lowest BCUT2D eigenvalue weighted by molar-refractivity contribution is 0.0893. The van der Waals surface area contributed by atoms with Crippen LogP contribution in [-0.4, -0.2) is 32.8 Å². The molecule has 0 saturated carbocycles. The molecular weight excluding hydrogens is 248 g/mol. The van der Waals surface area contributed by atoms with E-state index in [1.165, 1.54) is 36.1 Å². The molecule has 20 heavy (non-hydrogen) atoms. The SMILES string of the molecule is CCCNCc1ccc(N2CCCC(OC)C2)c(C)c1. The molecule has 112 valence electrons. The number of rotatable bonds is 6. The molecule has 1 aliphatic rings. The highest BCUT2D eigenvalue weighted by Gasteiger charge is 2.20. The first kappa shape index (κ1) is 15.3. The Morgan fingerprint density at radius 1 is 1.40 bits per heavy atom. The van der Waals surface area contributed by atoms with E-state index in [2.05, 4.69) is 42.3 Å². The molecule has 1 fully saturated rings. The van der Waals surface area contributed by atoms with Crippen molar-refractivity contribution in [1.82, 2.24) is 5.32 Å². The van der Waals surface area contributed by atoms with Gasteiger partial charge < -0.3 is 15.0 Å². The van der Waals surface area contributed by atoms with E-state index in [0.29, 0.717) is 6.10 Å². The largest absolute Gasteiger partial charge is 0.380 e. The minimum absolute atomic E-state index is 0.383. The molecule has 0 aliphatic carbocycles. The van der Waals surface area contributed by atoms with Crippen molar-refractivity contribution >= 4 is 5.69 Å². The fraction of sp³-hybridized carbons (Fsp3) is 0.647. The molecule has 0 aromatic heterocycles. The predicted octanol–water partition coefficient (Wildman–Crippen LogP) is 3.11. The van der Waals surface area contributed by atoms with Crippen molar-refractivity contribution in [2.45, 2.75) is 45.8 Å². The number of piperidine rings is 1. The first-order valence-corrected chi connectivity index (χ1v) is 7.82. The van der Waals surface area contributed by atoms with Crippen LogP contribution in [0, 0.1) is 6.92 Å². The number of nitrogens with one attached hydrogen (secondary N) is 1. The standard InChI is InChI=1S/C17H28N2O/c1-4-9-18-12-15-7-8-17(14(2)11-15)19-10-5-6-16(13-19)20-3/h7-8,11,16,18H,4-6,9-10,12-13H2,1-3H3. The van der Waals surface area contributed by atoms with Gasteiger partial charge in [0, 0.05) is 32.4 Å². The van der Waals surface area contributed by atoms with E-state index in [1.807, 2.05) is 7.11 Å². The van der Waals surface area contributed by atoms with Crippen LogP contribution in [0.5, 0.6) is 0 Å². The lowest BCUT2D eigenvalue weighted by atomic mass is 10.0. The Morgan fingerprint density at radius 2 is 2.25 bits per heavy atom. The smallest absolute Gasteiger partial charge is 0.0746 e. The molecule has 0 spiro atoms. The first-order valence-electron chi connectivity index (χ1n) is 7.82. The maximum absolute atomic E-state index is 5.52. The molecule has 1 aliphatic heterocycles. The number of anilines is 1. The average molecular weight is 276 g/mol. The summed E-state index contributed by atoms with van der Waals surface area (Å²) in [4.78, 5) is 2.47. The zero-order valence-electron chi connectivity index (χ0n) is 13.1. The summed E-state index contributed by atoms with van der Waals surface area (Å²) in [6.07, 6.45) is 3.97. The van der Waals surface area contributed by atoms with Gasteiger partial charge in [0.15, 0.2) is 0 Å². The third kappa shape index (κ3) is 3.97. The molecule has 3 heteroatoms. The number of methoxy groups -OCH3 is 1. The van der Waals surface area contributed by atoms with Gasteiger partial charge in [0.25, 0.3) is 0 Å². The minimum atomic E-state index is 0.383. The molecule has 1 heterocycles. The summed E-state index contributed by atoms with van der Waals surface area (Å²) in [5, 5.41) is 3.46. The number of benzene rings is 1. The molecule has 0 radical (unpaired) electrons. The molecule has 0 amide bonds. The van der Waals surface area contributed by atoms with Crippen molar-refractivity contribution in [2.24, 2.45) is 0 Å². The summed E-state index contributed by atoms with van der Waals surface area (Å²) < 4.78 is 5.52. The first-order chi connectivity index (χ1) is 9.74. The number of hydrogen-bond acceptors (Lipinski definition) is 3. The molecule has 1 saturated heterocycles. The monoisotopic (exact) mass is 276 g/mol. The zero-order valence-corrected chi connectivity index (χ0v) is 13.1. The molecule has 1 unspecified atom stereocenters. The van der Waals surface area contributed by atoms with E-state index < -0.39 is 0 Å². The van der Waals surface area contributed by atoms with Gasteiger partial charge in [-0.15, -0.1) is 0 Å². The van der Waals surface area contributed by atoms with Crippen molar-refractivity contribution in [3.63, 3.8) is 0 Å². The Balaban J connectivity index is 2.01. The summed E-state index contributed by atoms with van der Waals surface area (Å²) >= 11 is 0. The second kappa shape index (κ2) is 7.65. The van der Waals surface area contributed by atoms with E-state index in [9.17, 15) is 0 Å². The number of hydrogen-bond donors (Lipinski definition) is 1. The second-order valence-corrected chi connectivity index (χ2v) is 5.74. The van der Waals surface area contributed by atoms with Crippen LogP contribution in [0.25, 0.3) is 0 Å². The van der Waals surface area contributed by atoms with Crippen LogP contribution >= 0.6 is 0 Å². The van der Waals surface area contributed by atoms with Gasteiger partial charge in [0.1, 0.15) is 0 Å². The van der Waals surface area contributed by atoms with Gasteiger partial charge in [-0.2, -0.15) is 0 Å². The van der Waals surface area contributed by atoms with Crippen molar-refractivity contribution < 1.29 is 4.74 Å². The zero-order chi connectivity index (χ0) is 14.4. The number of nitrogens with zero attached hydrogens (tertiary/aromatic N) is 1. The van der Waals surface area contributed by atoms with Gasteiger partial charge >= 0.3 is 0 Å². The summed E-state index contributed by atoms with van der Waals surface area (Å²) in [5.41, 5.74) is 4.11. The fourth-order valence-corrected chi connectivity index (χ4v) is 2.94. The van der Waals surface area contributed by atoms with Gasteiger partial charge in [-0.05, 0) is 49.9 Å². The number of aryl methyl sites for hydroxylation is 1. The van der Waals surface area contributed by atoms with E-state index in [0.717, 1.165) is 26.2 Å². The van der Waals surface area contributed by atoms with E-state index in [4.69, 9.17) is 4.74 Å². The van der Waals surface area contributed by atoms with Crippen molar-refractivity contribution in [3.05, 3.63) is 29.3 Å². The number of ether oxygens (including phenoxy) is 1. The lowest BCUT2D eigenvalue weighted by Crippen LogP contribution is -2.39. The molecule has 1 aromatic carbocycles. The highest BCUT2D eigenvalue weighted by Crippen LogP contribution is 2.25. The summed E-state index contributed by atoms with van der Waals surface area (Å²) in [5.74, 6) is 0. The van der Waals surface area contributed by atoms with E-state index in [1.54, 1.807) is 0 Å². The van der Waals surface area contributed by atoms with E-state index in [-0.39, 0.29) is 0 Å². The Hall–Kier alpha value is -1.06. The van der Waals surface area contributed by atoms with Crippen LogP contribution in [0.1, 0.15) is 37.3 Å². The molecule has 2 rings (SSSR count). The van der Waals surface area contributed by atoms with Crippen molar-refractivity contribution in [2.75, 3.05) is 31.6 Å². The van der Waals surface area contributed by atoms with Gasteiger partial charge in [0.2, 0.25) is 0 Å². The normalized spacial score (nSPS) is 19.4. The Kier molecular flexibility index (Phi) is 5.86. The highest BCUT2D eigenvalue weighted by molar-refractivity contribution is 5.55. The molecule has 3 nitrogen and oxygen atoms in total. The van der Waals surface area contributed by atoms with Crippen LogP contribution in [0.15, 0.2) is 18.2 Å². The topological polar surface area (TPSA) is 24.5 Å². The molecule has 1 N–H and O–H groups in total. The van der Waals surface area contributed by atoms with Gasteiger partial charge in [-0.1, -0.05) is 19.1 Å². The van der Waals surface area contributed by atoms with Crippen LogP contribution in [0.2, 0.25) is 0 Å². The van der Waals surface area contributed by atoms with E-state index >= 15 is 0 Å². The highest BCUT2D eigenvalue weighted by atomic mass is 16.5. The maximum atomic E-state index is 5.52. The van der Waals surface area contributed by atoms with Crippen LogP contribution in [-0.2, 0) is 11.3 Å². The van der Waals surface area contributed by atoms with Crippen LogP contribution in [0.4, 0.5) is 5.69 Å². The quantitative estimate of drug-likeness (QED) is 0.808. The molecule has 1 aromatic rings. The van der Waals surface area contributed by atoms with Gasteiger partial charge in [-0.3, -0.25) is 0 Å². The van der Waals surface area contributed by atoms with Crippen LogP contribution in [0.3, 0.4) is 0 Å². The molecule has 1 atom stereocenters. The Labute approximate surface area is 123 Å². The minimum Gasteiger partial charge on any atom is -0.380 e. The second-order valence-electron chi connectivity index (χ2n) is 5.74. The fourth-order valence-electron chi connectivity index (χ4n) is 2.94. The molecule has 0 bridgehead atoms. The van der Waals surface area contributed by atoms with Gasteiger partial charge in [-0.25, -0.2) is 0 Å². The average Bonchev–Trinajstić information content (AvgIpc) is 2.48. The summed E-state index contributed by atoms with van der Waals surface area (Å²) in [6.45, 7) is 8.63. The van der Waals surface area contributed by atoms with Crippen LogP contribution < -0.4 is 10.2 Å². The van der Waals surface area contributed by atoms with Crippen molar-refractivity contribution in [3.8, 4) is 0 Å². The molecular formula is C17H28N2O. The summed E-state index contributed by atoms with van der Waals surface area (Å²) in [7, 11) is 1.82. The Bertz CT molecular complexity index is 419.